The molecule has 25 heavy (non-hydrogen) atoms. The highest BCUT2D eigenvalue weighted by molar-refractivity contribution is 7.98. The standard InChI is InChI=1S/C17H24N4O3S/c1-11(2)18-16(22)14-7-6-13(24-14)10-25-17-19-12(9-23-5)8-15(20-17)21(3)4/h6-8,11H,9-10H2,1-5H3,(H,18,22). The molecule has 0 aromatic carbocycles. The van der Waals surface area contributed by atoms with Gasteiger partial charge in [0.1, 0.15) is 11.6 Å². The van der Waals surface area contributed by atoms with E-state index in [9.17, 15) is 4.79 Å². The van der Waals surface area contributed by atoms with Gasteiger partial charge in [-0.05, 0) is 26.0 Å². The number of hydrogen-bond donors (Lipinski definition) is 1. The maximum atomic E-state index is 11.9. The zero-order chi connectivity index (χ0) is 18.4. The quantitative estimate of drug-likeness (QED) is 0.570. The van der Waals surface area contributed by atoms with Gasteiger partial charge in [-0.25, -0.2) is 9.97 Å². The van der Waals surface area contributed by atoms with E-state index in [-0.39, 0.29) is 11.9 Å². The molecule has 0 aliphatic carbocycles. The number of anilines is 1. The Hall–Kier alpha value is -2.06. The van der Waals surface area contributed by atoms with Crippen LogP contribution >= 0.6 is 11.8 Å². The molecule has 2 aromatic rings. The van der Waals surface area contributed by atoms with Crippen LogP contribution in [0.25, 0.3) is 0 Å². The molecule has 0 aliphatic heterocycles. The first-order valence-electron chi connectivity index (χ1n) is 7.95. The van der Waals surface area contributed by atoms with Gasteiger partial charge in [0.05, 0.1) is 18.1 Å². The summed E-state index contributed by atoms with van der Waals surface area (Å²) < 4.78 is 10.8. The van der Waals surface area contributed by atoms with Crippen LogP contribution in [0.15, 0.2) is 27.8 Å². The third kappa shape index (κ3) is 5.75. The molecule has 2 rings (SSSR count). The van der Waals surface area contributed by atoms with Crippen LogP contribution in [0.1, 0.15) is 35.9 Å². The van der Waals surface area contributed by atoms with E-state index in [0.29, 0.717) is 29.0 Å². The van der Waals surface area contributed by atoms with Crippen LogP contribution in [-0.4, -0.2) is 43.1 Å². The van der Waals surface area contributed by atoms with Crippen molar-refractivity contribution in [2.75, 3.05) is 26.1 Å². The van der Waals surface area contributed by atoms with Crippen LogP contribution < -0.4 is 10.2 Å². The molecular weight excluding hydrogens is 340 g/mol. The van der Waals surface area contributed by atoms with Gasteiger partial charge in [0.15, 0.2) is 10.9 Å². The average molecular weight is 364 g/mol. The summed E-state index contributed by atoms with van der Waals surface area (Å²) in [4.78, 5) is 22.8. The van der Waals surface area contributed by atoms with Gasteiger partial charge in [-0.1, -0.05) is 11.8 Å². The lowest BCUT2D eigenvalue weighted by atomic mass is 10.3. The van der Waals surface area contributed by atoms with E-state index in [0.717, 1.165) is 11.5 Å². The van der Waals surface area contributed by atoms with Gasteiger partial charge >= 0.3 is 0 Å². The highest BCUT2D eigenvalue weighted by Crippen LogP contribution is 2.23. The molecule has 0 saturated carbocycles. The molecule has 1 amide bonds. The summed E-state index contributed by atoms with van der Waals surface area (Å²) in [6.07, 6.45) is 0. The lowest BCUT2D eigenvalue weighted by Gasteiger charge is -2.13. The number of furan rings is 1. The number of carbonyl (C=O) groups is 1. The maximum Gasteiger partial charge on any atom is 0.287 e. The summed E-state index contributed by atoms with van der Waals surface area (Å²) in [5.41, 5.74) is 0.820. The highest BCUT2D eigenvalue weighted by atomic mass is 32.2. The van der Waals surface area contributed by atoms with Crippen molar-refractivity contribution >= 4 is 23.5 Å². The van der Waals surface area contributed by atoms with Crippen molar-refractivity contribution in [1.82, 2.24) is 15.3 Å². The fourth-order valence-corrected chi connectivity index (χ4v) is 2.79. The Balaban J connectivity index is 2.05. The van der Waals surface area contributed by atoms with Gasteiger partial charge in [0.2, 0.25) is 0 Å². The normalized spacial score (nSPS) is 11.0. The number of hydrogen-bond acceptors (Lipinski definition) is 7. The maximum absolute atomic E-state index is 11.9. The summed E-state index contributed by atoms with van der Waals surface area (Å²) in [6.45, 7) is 4.24. The van der Waals surface area contributed by atoms with E-state index in [4.69, 9.17) is 9.15 Å². The number of rotatable bonds is 8. The fourth-order valence-electron chi connectivity index (χ4n) is 2.02. The number of nitrogens with zero attached hydrogens (tertiary/aromatic N) is 3. The van der Waals surface area contributed by atoms with E-state index in [1.54, 1.807) is 19.2 Å². The highest BCUT2D eigenvalue weighted by Gasteiger charge is 2.13. The molecule has 0 fully saturated rings. The van der Waals surface area contributed by atoms with Crippen molar-refractivity contribution in [3.63, 3.8) is 0 Å². The lowest BCUT2D eigenvalue weighted by molar-refractivity contribution is 0.0914. The van der Waals surface area contributed by atoms with Crippen LogP contribution in [0.5, 0.6) is 0 Å². The van der Waals surface area contributed by atoms with Crippen molar-refractivity contribution in [3.05, 3.63) is 35.4 Å². The summed E-state index contributed by atoms with van der Waals surface area (Å²) in [6, 6.07) is 5.45. The Morgan fingerprint density at radius 1 is 1.36 bits per heavy atom. The predicted molar refractivity (Wildman–Crippen MR) is 97.9 cm³/mol. The molecule has 1 N–H and O–H groups in total. The first-order valence-corrected chi connectivity index (χ1v) is 8.94. The fraction of sp³-hybridized carbons (Fsp3) is 0.471. The molecule has 0 saturated heterocycles. The van der Waals surface area contributed by atoms with Crippen molar-refractivity contribution in [2.24, 2.45) is 0 Å². The minimum atomic E-state index is -0.209. The SMILES string of the molecule is COCc1cc(N(C)C)nc(SCc2ccc(C(=O)NC(C)C)o2)n1. The molecule has 0 unspecified atom stereocenters. The third-order valence-electron chi connectivity index (χ3n) is 3.14. The van der Waals surface area contributed by atoms with Gasteiger partial charge in [-0.15, -0.1) is 0 Å². The number of ether oxygens (including phenoxy) is 1. The first-order chi connectivity index (χ1) is 11.9. The van der Waals surface area contributed by atoms with E-state index in [2.05, 4.69) is 15.3 Å². The molecule has 2 aromatic heterocycles. The molecule has 0 spiro atoms. The molecule has 0 aliphatic rings. The number of thioether (sulfide) groups is 1. The minimum Gasteiger partial charge on any atom is -0.455 e. The zero-order valence-electron chi connectivity index (χ0n) is 15.2. The molecule has 0 radical (unpaired) electrons. The van der Waals surface area contributed by atoms with Gasteiger partial charge in [0, 0.05) is 33.3 Å². The smallest absolute Gasteiger partial charge is 0.287 e. The second-order valence-corrected chi connectivity index (χ2v) is 6.95. The van der Waals surface area contributed by atoms with Crippen molar-refractivity contribution in [3.8, 4) is 0 Å². The average Bonchev–Trinajstić information content (AvgIpc) is 3.01. The van der Waals surface area contributed by atoms with E-state index in [1.807, 2.05) is 38.9 Å². The monoisotopic (exact) mass is 364 g/mol. The van der Waals surface area contributed by atoms with Crippen molar-refractivity contribution < 1.29 is 13.9 Å². The second kappa shape index (κ2) is 8.87. The van der Waals surface area contributed by atoms with Gasteiger partial charge in [0.25, 0.3) is 5.91 Å². The Bertz CT molecular complexity index is 716. The van der Waals surface area contributed by atoms with Crippen LogP contribution in [0.4, 0.5) is 5.82 Å². The summed E-state index contributed by atoms with van der Waals surface area (Å²) in [5, 5.41) is 3.45. The van der Waals surface area contributed by atoms with Gasteiger partial charge in [-0.2, -0.15) is 0 Å². The van der Waals surface area contributed by atoms with Crippen LogP contribution in [-0.2, 0) is 17.1 Å². The van der Waals surface area contributed by atoms with Gasteiger partial charge < -0.3 is 19.4 Å². The first kappa shape index (κ1) is 19.3. The Morgan fingerprint density at radius 2 is 2.12 bits per heavy atom. The van der Waals surface area contributed by atoms with Crippen molar-refractivity contribution in [1.29, 1.82) is 0 Å². The minimum absolute atomic E-state index is 0.0665. The van der Waals surface area contributed by atoms with E-state index < -0.39 is 0 Å². The van der Waals surface area contributed by atoms with Crippen molar-refractivity contribution in [2.45, 2.75) is 37.4 Å². The largest absolute Gasteiger partial charge is 0.455 e. The predicted octanol–water partition coefficient (Wildman–Crippen LogP) is 2.71. The Morgan fingerprint density at radius 3 is 2.76 bits per heavy atom. The summed E-state index contributed by atoms with van der Waals surface area (Å²) >= 11 is 1.45. The number of amides is 1. The molecule has 8 heteroatoms. The summed E-state index contributed by atoms with van der Waals surface area (Å²) in [7, 11) is 5.50. The molecule has 136 valence electrons. The Kier molecular flexibility index (Phi) is 6.83. The second-order valence-electron chi connectivity index (χ2n) is 6.01. The molecular formula is C17H24N4O3S. The summed E-state index contributed by atoms with van der Waals surface area (Å²) in [5.74, 6) is 2.16. The van der Waals surface area contributed by atoms with E-state index >= 15 is 0 Å². The number of aromatic nitrogens is 2. The molecule has 0 bridgehead atoms. The number of methoxy groups -OCH3 is 1. The molecule has 7 nitrogen and oxygen atoms in total. The zero-order valence-corrected chi connectivity index (χ0v) is 16.0. The van der Waals surface area contributed by atoms with Crippen LogP contribution in [0.2, 0.25) is 0 Å². The topological polar surface area (TPSA) is 80.5 Å². The number of nitrogens with one attached hydrogen (secondary N) is 1. The van der Waals surface area contributed by atoms with E-state index in [1.165, 1.54) is 11.8 Å². The van der Waals surface area contributed by atoms with Gasteiger partial charge in [-0.3, -0.25) is 4.79 Å². The third-order valence-corrected chi connectivity index (χ3v) is 4.01. The van der Waals surface area contributed by atoms with Crippen LogP contribution in [0, 0.1) is 0 Å². The van der Waals surface area contributed by atoms with Crippen LogP contribution in [0.3, 0.4) is 0 Å². The molecule has 2 heterocycles. The number of carbonyl (C=O) groups excluding carboxylic acids is 1. The molecule has 0 atom stereocenters. The Labute approximate surface area is 152 Å². The lowest BCUT2D eigenvalue weighted by Crippen LogP contribution is -2.29.